The van der Waals surface area contributed by atoms with E-state index >= 15 is 0 Å². The van der Waals surface area contributed by atoms with E-state index in [1.165, 1.54) is 0 Å². The van der Waals surface area contributed by atoms with Gasteiger partial charge in [0.2, 0.25) is 0 Å². The molecule has 0 fully saturated rings. The minimum absolute atomic E-state index is 0.220. The SMILES string of the molecule is P=[S-](=P)I. The summed E-state index contributed by atoms with van der Waals surface area (Å²) in [5, 5.41) is 0. The summed E-state index contributed by atoms with van der Waals surface area (Å²) in [5.41, 5.74) is 0. The fourth-order valence-corrected chi connectivity index (χ4v) is 0. The van der Waals surface area contributed by atoms with Gasteiger partial charge in [0.25, 0.3) is 0 Å². The van der Waals surface area contributed by atoms with Crippen LogP contribution in [0.3, 0.4) is 0 Å². The van der Waals surface area contributed by atoms with Crippen molar-refractivity contribution < 1.29 is 0 Å². The maximum Gasteiger partial charge on any atom is -0.227 e. The Labute approximate surface area is 43.6 Å². The molecule has 0 N–H and O–H groups in total. The van der Waals surface area contributed by atoms with Crippen molar-refractivity contribution in [3.05, 3.63) is 0 Å². The van der Waals surface area contributed by atoms with E-state index in [9.17, 15) is 0 Å². The van der Waals surface area contributed by atoms with Crippen LogP contribution in [0.15, 0.2) is 0 Å². The molecule has 0 saturated heterocycles. The highest BCUT2D eigenvalue weighted by atomic mass is 127. The molecule has 0 aromatic heterocycles. The molecule has 26 valence electrons. The lowest BCUT2D eigenvalue weighted by molar-refractivity contribution is 6.07. The first-order valence-electron chi connectivity index (χ1n) is 0.563. The molecule has 0 unspecified atom stereocenters. The number of hydrogen-bond acceptors (Lipinski definition) is 1. The van der Waals surface area contributed by atoms with Crippen LogP contribution in [0.2, 0.25) is 0 Å². The van der Waals surface area contributed by atoms with Crippen LogP contribution in [-0.2, 0) is 6.42 Å². The Bertz CT molecular complexity index is 54.4. The third-order valence-electron chi connectivity index (χ3n) is 0. The lowest BCUT2D eigenvalue weighted by Gasteiger charge is -1.72. The van der Waals surface area contributed by atoms with Gasteiger partial charge in [-0.05, 0) is 0 Å². The van der Waals surface area contributed by atoms with Gasteiger partial charge in [0, 0.05) is 0 Å². The van der Waals surface area contributed by atoms with Gasteiger partial charge in [-0.15, -0.1) is 0 Å². The van der Waals surface area contributed by atoms with Crippen molar-refractivity contribution >= 4 is 43.7 Å². The Hall–Kier alpha value is 1.68. The average molecular weight is 223 g/mol. The second-order valence-corrected chi connectivity index (χ2v) is 12.1. The highest BCUT2D eigenvalue weighted by Gasteiger charge is 1.11. The molecule has 0 saturated carbocycles. The van der Waals surface area contributed by atoms with Crippen molar-refractivity contribution in [2.24, 2.45) is 0 Å². The van der Waals surface area contributed by atoms with Crippen LogP contribution in [0.4, 0.5) is 0 Å². The first-order valence-corrected chi connectivity index (χ1v) is 6.78. The largest absolute Gasteiger partial charge is 0.368 e. The number of hydrogen-bond donors (Lipinski definition) is 0. The third-order valence-corrected chi connectivity index (χ3v) is 0. The van der Waals surface area contributed by atoms with Crippen LogP contribution in [0.25, 0.3) is 0 Å². The van der Waals surface area contributed by atoms with Crippen molar-refractivity contribution in [1.82, 2.24) is 0 Å². The van der Waals surface area contributed by atoms with Gasteiger partial charge in [0.15, 0.2) is 0 Å². The molecule has 0 heterocycles. The van der Waals surface area contributed by atoms with Gasteiger partial charge in [-0.3, -0.25) is 16.0 Å². The van der Waals surface area contributed by atoms with Crippen molar-refractivity contribution in [2.75, 3.05) is 0 Å². The molecular weight excluding hydrogens is 221 g/mol. The molecule has 0 aliphatic heterocycles. The lowest BCUT2D eigenvalue weighted by atomic mass is 30.4. The first kappa shape index (κ1) is 5.68. The maximum absolute atomic E-state index is 3.24. The van der Waals surface area contributed by atoms with Crippen LogP contribution in [0, 0.1) is 0 Å². The Kier molecular flexibility index (Phi) is 4.11. The second-order valence-electron chi connectivity index (χ2n) is 0.256. The van der Waals surface area contributed by atoms with E-state index in [0.29, 0.717) is 0 Å². The predicted octanol–water partition coefficient (Wildman–Crippen LogP) is 2.07. The van der Waals surface area contributed by atoms with Crippen molar-refractivity contribution in [1.29, 1.82) is 0 Å². The molecule has 0 bridgehead atoms. The van der Waals surface area contributed by atoms with E-state index < -0.39 is 0 Å². The van der Waals surface area contributed by atoms with Crippen LogP contribution in [0.5, 0.6) is 0 Å². The van der Waals surface area contributed by atoms with Crippen LogP contribution in [-0.4, -0.2) is 0 Å². The maximum atomic E-state index is 3.24. The Morgan fingerprint density at radius 2 is 1.50 bits per heavy atom. The van der Waals surface area contributed by atoms with Crippen molar-refractivity contribution in [3.63, 3.8) is 0 Å². The first-order chi connectivity index (χ1) is 1.73. The Balaban J connectivity index is 3.51. The lowest BCUT2D eigenvalue weighted by Crippen LogP contribution is -1.04. The fourth-order valence-electron chi connectivity index (χ4n) is 0. The molecule has 0 aromatic carbocycles. The summed E-state index contributed by atoms with van der Waals surface area (Å²) in [4.78, 5) is 0. The van der Waals surface area contributed by atoms with E-state index in [-0.39, 0.29) is 6.42 Å². The molecule has 0 aliphatic carbocycles. The molecule has 4 heteroatoms. The normalized spacial score (nSPS) is 8.50. The van der Waals surface area contributed by atoms with E-state index in [1.807, 2.05) is 0 Å². The van der Waals surface area contributed by atoms with E-state index in [2.05, 4.69) is 37.2 Å². The predicted molar refractivity (Wildman–Crippen MR) is 38.0 cm³/mol. The molecule has 0 aromatic rings. The molecule has 0 spiro atoms. The van der Waals surface area contributed by atoms with E-state index in [1.54, 1.807) is 0 Å². The molecule has 0 nitrogen and oxygen atoms in total. The van der Waals surface area contributed by atoms with Crippen LogP contribution < -0.4 is 0 Å². The smallest absolute Gasteiger partial charge is 0.227 e. The van der Waals surface area contributed by atoms with E-state index in [0.717, 1.165) is 0 Å². The molecule has 0 radical (unpaired) electrons. The van der Waals surface area contributed by atoms with Gasteiger partial charge >= 0.3 is 0 Å². The molecule has 0 aliphatic rings. The highest BCUT2D eigenvalue weighted by Crippen LogP contribution is 1.92. The fraction of sp³-hybridized carbons (Fsp3) is 0. The summed E-state index contributed by atoms with van der Waals surface area (Å²) in [7, 11) is 6.48. The van der Waals surface area contributed by atoms with E-state index in [4.69, 9.17) is 0 Å². The zero-order chi connectivity index (χ0) is 3.58. The zero-order valence-corrected chi connectivity index (χ0v) is 6.76. The molecule has 0 amide bonds. The van der Waals surface area contributed by atoms with Gasteiger partial charge in [-0.1, -0.05) is 0 Å². The van der Waals surface area contributed by atoms with Crippen LogP contribution in [0.1, 0.15) is 0 Å². The molecular formula is H2IP2S-. The summed E-state index contributed by atoms with van der Waals surface area (Å²) in [6.07, 6.45) is 0.220. The number of rotatable bonds is 0. The quantitative estimate of drug-likeness (QED) is 0.335. The highest BCUT2D eigenvalue weighted by molar-refractivity contribution is 14.2. The van der Waals surface area contributed by atoms with Gasteiger partial charge in [-0.2, -0.15) is 0 Å². The summed E-state index contributed by atoms with van der Waals surface area (Å²) >= 11 is 2.20. The van der Waals surface area contributed by atoms with Gasteiger partial charge < -0.3 is 6.42 Å². The van der Waals surface area contributed by atoms with Gasteiger partial charge in [-0.25, -0.2) is 21.2 Å². The van der Waals surface area contributed by atoms with Crippen molar-refractivity contribution in [2.45, 2.75) is 0 Å². The minimum atomic E-state index is 0.220. The summed E-state index contributed by atoms with van der Waals surface area (Å²) in [6.45, 7) is 0. The third kappa shape index (κ3) is 9.36. The standard InChI is InChI=1S/H2IP2S/c1-4(2)3/h2-3H/q-1. The second kappa shape index (κ2) is 2.89. The monoisotopic (exact) mass is 223 g/mol. The van der Waals surface area contributed by atoms with Gasteiger partial charge in [0.05, 0.1) is 0 Å². The summed E-state index contributed by atoms with van der Waals surface area (Å²) in [6, 6.07) is 0. The van der Waals surface area contributed by atoms with Crippen LogP contribution >= 0.6 is 37.2 Å². The van der Waals surface area contributed by atoms with Crippen molar-refractivity contribution in [3.8, 4) is 0 Å². The average Bonchev–Trinajstić information content (AvgIpc) is 0.811. The molecule has 4 heavy (non-hydrogen) atoms. The zero-order valence-electron chi connectivity index (χ0n) is 1.79. The topological polar surface area (TPSA) is 0 Å². The molecule has 0 rings (SSSR count). The summed E-state index contributed by atoms with van der Waals surface area (Å²) in [5.74, 6) is 0. The van der Waals surface area contributed by atoms with Gasteiger partial charge in [0.1, 0.15) is 0 Å². The molecule has 0 atom stereocenters. The summed E-state index contributed by atoms with van der Waals surface area (Å²) < 4.78 is 0. The number of halogens is 1. The minimum Gasteiger partial charge on any atom is -0.368 e. The Morgan fingerprint density at radius 1 is 1.50 bits per heavy atom. The Morgan fingerprint density at radius 3 is 1.50 bits per heavy atom.